The van der Waals surface area contributed by atoms with Crippen LogP contribution >= 0.6 is 15.9 Å². The van der Waals surface area contributed by atoms with Crippen molar-refractivity contribution in [3.05, 3.63) is 29.3 Å². The molecule has 4 nitrogen and oxygen atoms in total. The maximum absolute atomic E-state index is 14.2. The quantitative estimate of drug-likeness (QED) is 0.616. The van der Waals surface area contributed by atoms with Crippen LogP contribution in [-0.4, -0.2) is 30.4 Å². The predicted octanol–water partition coefficient (Wildman–Crippen LogP) is 2.25. The van der Waals surface area contributed by atoms with Crippen LogP contribution in [0.15, 0.2) is 12.1 Å². The lowest BCUT2D eigenvalue weighted by molar-refractivity contribution is -0.117. The molecule has 1 aliphatic heterocycles. The molecule has 2 rings (SSSR count). The van der Waals surface area contributed by atoms with Gasteiger partial charge in [-0.1, -0.05) is 15.9 Å². The number of anilines is 1. The van der Waals surface area contributed by atoms with E-state index in [-0.39, 0.29) is 29.4 Å². The number of alkyl halides is 1. The van der Waals surface area contributed by atoms with Gasteiger partial charge in [0.15, 0.2) is 5.82 Å². The number of nitrogens with zero attached hydrogens (tertiary/aromatic N) is 1. The Kier molecular flexibility index (Phi) is 3.84. The molecule has 1 aromatic carbocycles. The van der Waals surface area contributed by atoms with Gasteiger partial charge in [-0.3, -0.25) is 4.79 Å². The van der Waals surface area contributed by atoms with Crippen molar-refractivity contribution in [1.82, 2.24) is 0 Å². The van der Waals surface area contributed by atoms with Crippen LogP contribution in [0.25, 0.3) is 0 Å². The molecule has 0 saturated carbocycles. The van der Waals surface area contributed by atoms with E-state index < -0.39 is 23.2 Å². The van der Waals surface area contributed by atoms with Gasteiger partial charge in [-0.15, -0.1) is 0 Å². The molecular formula is C12H10BrF2NO3. The monoisotopic (exact) mass is 333 g/mol. The summed E-state index contributed by atoms with van der Waals surface area (Å²) in [6.07, 6.45) is 0.227. The van der Waals surface area contributed by atoms with Crippen LogP contribution in [0.1, 0.15) is 16.8 Å². The van der Waals surface area contributed by atoms with E-state index in [0.717, 1.165) is 19.2 Å². The van der Waals surface area contributed by atoms with Crippen molar-refractivity contribution in [2.24, 2.45) is 0 Å². The first-order valence-corrected chi connectivity index (χ1v) is 6.38. The largest absolute Gasteiger partial charge is 0.465 e. The Morgan fingerprint density at radius 1 is 1.47 bits per heavy atom. The highest BCUT2D eigenvalue weighted by molar-refractivity contribution is 9.09. The Morgan fingerprint density at radius 2 is 2.16 bits per heavy atom. The number of ether oxygens (including phenoxy) is 1. The molecule has 1 heterocycles. The fourth-order valence-electron chi connectivity index (χ4n) is 1.94. The molecule has 1 fully saturated rings. The second kappa shape index (κ2) is 5.24. The van der Waals surface area contributed by atoms with E-state index >= 15 is 0 Å². The highest BCUT2D eigenvalue weighted by atomic mass is 79.9. The van der Waals surface area contributed by atoms with E-state index in [0.29, 0.717) is 0 Å². The van der Waals surface area contributed by atoms with Gasteiger partial charge >= 0.3 is 5.97 Å². The number of hydrogen-bond acceptors (Lipinski definition) is 3. The van der Waals surface area contributed by atoms with Crippen LogP contribution in [0.2, 0.25) is 0 Å². The Hall–Kier alpha value is -1.50. The summed E-state index contributed by atoms with van der Waals surface area (Å²) >= 11 is 3.27. The highest BCUT2D eigenvalue weighted by Gasteiger charge is 2.32. The van der Waals surface area contributed by atoms with Crippen LogP contribution in [0.3, 0.4) is 0 Å². The minimum absolute atomic E-state index is 0.0916. The second-order valence-electron chi connectivity index (χ2n) is 4.05. The number of esters is 1. The van der Waals surface area contributed by atoms with E-state index in [1.807, 2.05) is 0 Å². The first kappa shape index (κ1) is 13.9. The SMILES string of the molecule is COC(=O)c1c(F)ccc(N2CC(Br)CC2=O)c1F. The lowest BCUT2D eigenvalue weighted by Gasteiger charge is -2.18. The van der Waals surface area contributed by atoms with Gasteiger partial charge in [0, 0.05) is 17.8 Å². The lowest BCUT2D eigenvalue weighted by Crippen LogP contribution is -2.26. The molecule has 7 heteroatoms. The zero-order valence-electron chi connectivity index (χ0n) is 9.95. The molecule has 1 aromatic rings. The van der Waals surface area contributed by atoms with Crippen LogP contribution in [-0.2, 0) is 9.53 Å². The van der Waals surface area contributed by atoms with Gasteiger partial charge in [-0.2, -0.15) is 0 Å². The third-order valence-electron chi connectivity index (χ3n) is 2.83. The molecule has 0 aromatic heterocycles. The molecule has 1 amide bonds. The summed E-state index contributed by atoms with van der Waals surface area (Å²) in [5.41, 5.74) is -0.903. The summed E-state index contributed by atoms with van der Waals surface area (Å²) in [4.78, 5) is 24.1. The maximum Gasteiger partial charge on any atom is 0.343 e. The fraction of sp³-hybridized carbons (Fsp3) is 0.333. The molecule has 1 atom stereocenters. The van der Waals surface area contributed by atoms with Gasteiger partial charge in [-0.05, 0) is 12.1 Å². The van der Waals surface area contributed by atoms with Gasteiger partial charge in [0.1, 0.15) is 11.4 Å². The zero-order chi connectivity index (χ0) is 14.2. The van der Waals surface area contributed by atoms with Gasteiger partial charge in [-0.25, -0.2) is 13.6 Å². The smallest absolute Gasteiger partial charge is 0.343 e. The van der Waals surface area contributed by atoms with E-state index in [4.69, 9.17) is 0 Å². The number of amides is 1. The molecule has 1 unspecified atom stereocenters. The number of hydrogen-bond donors (Lipinski definition) is 0. The molecule has 0 radical (unpaired) electrons. The number of methoxy groups -OCH3 is 1. The van der Waals surface area contributed by atoms with Gasteiger partial charge in [0.25, 0.3) is 0 Å². The van der Waals surface area contributed by atoms with Gasteiger partial charge < -0.3 is 9.64 Å². The molecule has 1 aliphatic rings. The van der Waals surface area contributed by atoms with Crippen molar-refractivity contribution >= 4 is 33.5 Å². The summed E-state index contributed by atoms with van der Waals surface area (Å²) in [5, 5.41) is 0. The highest BCUT2D eigenvalue weighted by Crippen LogP contribution is 2.30. The Labute approximate surface area is 116 Å². The van der Waals surface area contributed by atoms with E-state index in [2.05, 4.69) is 20.7 Å². The summed E-state index contributed by atoms with van der Waals surface area (Å²) < 4.78 is 32.0. The minimum Gasteiger partial charge on any atom is -0.465 e. The van der Waals surface area contributed by atoms with Crippen molar-refractivity contribution < 1.29 is 23.1 Å². The molecule has 19 heavy (non-hydrogen) atoms. The van der Waals surface area contributed by atoms with Crippen LogP contribution in [0, 0.1) is 11.6 Å². The topological polar surface area (TPSA) is 46.6 Å². The third kappa shape index (κ3) is 2.47. The number of carbonyl (C=O) groups excluding carboxylic acids is 2. The number of benzene rings is 1. The molecule has 1 saturated heterocycles. The normalized spacial score (nSPS) is 18.8. The predicted molar refractivity (Wildman–Crippen MR) is 67.4 cm³/mol. The summed E-state index contributed by atoms with van der Waals surface area (Å²) in [7, 11) is 1.03. The first-order chi connectivity index (χ1) is 8.95. The Morgan fingerprint density at radius 3 is 2.68 bits per heavy atom. The molecular weight excluding hydrogens is 324 g/mol. The summed E-state index contributed by atoms with van der Waals surface area (Å²) in [5.74, 6) is -3.50. The molecule has 0 aliphatic carbocycles. The van der Waals surface area contributed by atoms with Gasteiger partial charge in [0.05, 0.1) is 12.8 Å². The molecule has 0 N–H and O–H groups in total. The number of halogens is 3. The minimum atomic E-state index is -1.11. The second-order valence-corrected chi connectivity index (χ2v) is 5.35. The number of rotatable bonds is 2. The van der Waals surface area contributed by atoms with Crippen molar-refractivity contribution in [3.8, 4) is 0 Å². The first-order valence-electron chi connectivity index (χ1n) is 5.46. The molecule has 0 bridgehead atoms. The average molecular weight is 334 g/mol. The van der Waals surface area contributed by atoms with Crippen molar-refractivity contribution in [1.29, 1.82) is 0 Å². The Bertz CT molecular complexity index is 550. The fourth-order valence-corrected chi connectivity index (χ4v) is 2.50. The number of carbonyl (C=O) groups is 2. The summed E-state index contributed by atoms with van der Waals surface area (Å²) in [6.45, 7) is 0.266. The van der Waals surface area contributed by atoms with Crippen molar-refractivity contribution in [3.63, 3.8) is 0 Å². The van der Waals surface area contributed by atoms with Crippen molar-refractivity contribution in [2.45, 2.75) is 11.2 Å². The van der Waals surface area contributed by atoms with Crippen LogP contribution in [0.4, 0.5) is 14.5 Å². The maximum atomic E-state index is 14.2. The van der Waals surface area contributed by atoms with E-state index in [1.165, 1.54) is 4.90 Å². The standard InChI is InChI=1S/C12H10BrF2NO3/c1-19-12(18)10-7(14)2-3-8(11(10)15)16-5-6(13)4-9(16)17/h2-3,6H,4-5H2,1H3. The van der Waals surface area contributed by atoms with E-state index in [9.17, 15) is 18.4 Å². The zero-order valence-corrected chi connectivity index (χ0v) is 11.5. The van der Waals surface area contributed by atoms with Gasteiger partial charge in [0.2, 0.25) is 5.91 Å². The van der Waals surface area contributed by atoms with Crippen molar-refractivity contribution in [2.75, 3.05) is 18.6 Å². The Balaban J connectivity index is 2.48. The average Bonchev–Trinajstić information content (AvgIpc) is 2.68. The van der Waals surface area contributed by atoms with Crippen LogP contribution < -0.4 is 4.90 Å². The third-order valence-corrected chi connectivity index (χ3v) is 3.44. The lowest BCUT2D eigenvalue weighted by atomic mass is 10.1. The van der Waals surface area contributed by atoms with Crippen LogP contribution in [0.5, 0.6) is 0 Å². The summed E-state index contributed by atoms with van der Waals surface area (Å²) in [6, 6.07) is 2.08. The van der Waals surface area contributed by atoms with E-state index in [1.54, 1.807) is 0 Å². The molecule has 0 spiro atoms. The molecule has 102 valence electrons.